The van der Waals surface area contributed by atoms with Crippen molar-refractivity contribution in [3.05, 3.63) is 90.3 Å². The molecule has 1 amide bonds. The van der Waals surface area contributed by atoms with Gasteiger partial charge in [-0.25, -0.2) is 5.43 Å². The monoisotopic (exact) mass is 633 g/mol. The predicted molar refractivity (Wildman–Crippen MR) is 148 cm³/mol. The lowest BCUT2D eigenvalue weighted by Crippen LogP contribution is -2.17. The molecule has 0 radical (unpaired) electrons. The van der Waals surface area contributed by atoms with Crippen LogP contribution in [0.2, 0.25) is 0 Å². The fourth-order valence-corrected chi connectivity index (χ4v) is 4.59. The van der Waals surface area contributed by atoms with Crippen molar-refractivity contribution >= 4 is 49.7 Å². The van der Waals surface area contributed by atoms with Gasteiger partial charge < -0.3 is 14.2 Å². The number of hydrazone groups is 1. The van der Waals surface area contributed by atoms with Crippen molar-refractivity contribution in [2.45, 2.75) is 26.9 Å². The molecular weight excluding hydrogens is 610 g/mol. The number of nitrogens with one attached hydrogen (secondary N) is 1. The van der Waals surface area contributed by atoms with Gasteiger partial charge in [0.05, 0.1) is 33.3 Å². The van der Waals surface area contributed by atoms with Gasteiger partial charge in [-0.1, -0.05) is 6.92 Å². The molecule has 3 rings (SSSR count). The summed E-state index contributed by atoms with van der Waals surface area (Å²) in [5, 5.41) is 14.9. The summed E-state index contributed by atoms with van der Waals surface area (Å²) in [7, 11) is 0. The predicted octanol–water partition coefficient (Wildman–Crippen LogP) is 6.65. The Kier molecular flexibility index (Phi) is 10.5. The molecule has 0 aliphatic carbocycles. The molecular formula is C26H25Br2N3O6. The van der Waals surface area contributed by atoms with Gasteiger partial charge in [-0.2, -0.15) is 5.10 Å². The average molecular weight is 635 g/mol. The van der Waals surface area contributed by atoms with Gasteiger partial charge in [0.25, 0.3) is 11.6 Å². The Labute approximate surface area is 231 Å². The summed E-state index contributed by atoms with van der Waals surface area (Å²) >= 11 is 6.98. The second-order valence-electron chi connectivity index (χ2n) is 7.67. The third-order valence-electron chi connectivity index (χ3n) is 4.90. The van der Waals surface area contributed by atoms with Gasteiger partial charge in [0.2, 0.25) is 0 Å². The van der Waals surface area contributed by atoms with Crippen molar-refractivity contribution in [2.24, 2.45) is 5.10 Å². The summed E-state index contributed by atoms with van der Waals surface area (Å²) in [6, 6.07) is 14.7. The molecule has 0 heterocycles. The molecule has 11 heteroatoms. The zero-order valence-electron chi connectivity index (χ0n) is 20.2. The van der Waals surface area contributed by atoms with Crippen LogP contribution in [-0.4, -0.2) is 30.3 Å². The van der Waals surface area contributed by atoms with Crippen LogP contribution in [-0.2, 0) is 6.61 Å². The van der Waals surface area contributed by atoms with E-state index in [0.29, 0.717) is 50.5 Å². The first kappa shape index (κ1) is 28.1. The van der Waals surface area contributed by atoms with E-state index >= 15 is 0 Å². The Morgan fingerprint density at radius 3 is 2.32 bits per heavy atom. The van der Waals surface area contributed by atoms with E-state index < -0.39 is 4.92 Å². The third-order valence-corrected chi connectivity index (χ3v) is 6.08. The van der Waals surface area contributed by atoms with Gasteiger partial charge in [0.1, 0.15) is 12.4 Å². The molecule has 37 heavy (non-hydrogen) atoms. The summed E-state index contributed by atoms with van der Waals surface area (Å²) in [6.07, 6.45) is 2.37. The third kappa shape index (κ3) is 8.02. The summed E-state index contributed by atoms with van der Waals surface area (Å²) in [4.78, 5) is 22.9. The van der Waals surface area contributed by atoms with Gasteiger partial charge in [0, 0.05) is 17.7 Å². The van der Waals surface area contributed by atoms with Crippen molar-refractivity contribution in [3.8, 4) is 17.2 Å². The molecule has 0 fully saturated rings. The quantitative estimate of drug-likeness (QED) is 0.136. The van der Waals surface area contributed by atoms with Crippen molar-refractivity contribution < 1.29 is 23.9 Å². The lowest BCUT2D eigenvalue weighted by atomic mass is 10.2. The first-order chi connectivity index (χ1) is 17.8. The Bertz CT molecular complexity index is 1260. The summed E-state index contributed by atoms with van der Waals surface area (Å²) < 4.78 is 18.5. The summed E-state index contributed by atoms with van der Waals surface area (Å²) in [6.45, 7) is 5.11. The van der Waals surface area contributed by atoms with E-state index in [0.717, 1.165) is 12.0 Å². The van der Waals surface area contributed by atoms with Crippen molar-refractivity contribution in [1.82, 2.24) is 5.43 Å². The van der Waals surface area contributed by atoms with E-state index in [4.69, 9.17) is 14.2 Å². The molecule has 0 aromatic heterocycles. The molecule has 3 aromatic rings. The van der Waals surface area contributed by atoms with Crippen LogP contribution >= 0.6 is 31.9 Å². The highest BCUT2D eigenvalue weighted by atomic mass is 79.9. The van der Waals surface area contributed by atoms with Crippen LogP contribution in [0.3, 0.4) is 0 Å². The maximum Gasteiger partial charge on any atom is 0.271 e. The Morgan fingerprint density at radius 1 is 1.00 bits per heavy atom. The number of halogens is 2. The number of nitrogens with zero attached hydrogens (tertiary/aromatic N) is 2. The number of carbonyl (C=O) groups excluding carboxylic acids is 1. The number of hydrogen-bond donors (Lipinski definition) is 1. The van der Waals surface area contributed by atoms with E-state index in [9.17, 15) is 14.9 Å². The molecule has 9 nitrogen and oxygen atoms in total. The summed E-state index contributed by atoms with van der Waals surface area (Å²) in [5.74, 6) is 1.27. The largest absolute Gasteiger partial charge is 0.490 e. The molecule has 0 aliphatic rings. The Morgan fingerprint density at radius 2 is 1.70 bits per heavy atom. The number of nitro groups is 1. The van der Waals surface area contributed by atoms with Crippen LogP contribution in [0.4, 0.5) is 5.69 Å². The maximum absolute atomic E-state index is 12.6. The van der Waals surface area contributed by atoms with Crippen LogP contribution in [0.25, 0.3) is 0 Å². The van der Waals surface area contributed by atoms with Crippen LogP contribution in [0.15, 0.2) is 68.6 Å². The number of amides is 1. The second kappa shape index (κ2) is 13.8. The van der Waals surface area contributed by atoms with E-state index in [1.54, 1.807) is 42.5 Å². The highest BCUT2D eigenvalue weighted by Gasteiger charge is 2.12. The van der Waals surface area contributed by atoms with Gasteiger partial charge in [-0.15, -0.1) is 0 Å². The lowest BCUT2D eigenvalue weighted by Gasteiger charge is -2.12. The molecule has 0 spiro atoms. The van der Waals surface area contributed by atoms with Crippen LogP contribution in [0.5, 0.6) is 17.2 Å². The van der Waals surface area contributed by atoms with Crippen LogP contribution in [0, 0.1) is 10.1 Å². The molecule has 3 aromatic carbocycles. The second-order valence-corrected chi connectivity index (χ2v) is 9.38. The first-order valence-electron chi connectivity index (χ1n) is 11.4. The number of non-ortho nitro benzene ring substituents is 1. The molecule has 1 N–H and O–H groups in total. The molecule has 0 saturated heterocycles. The fourth-order valence-electron chi connectivity index (χ4n) is 3.14. The van der Waals surface area contributed by atoms with Gasteiger partial charge in [-0.05, 0) is 98.8 Å². The molecule has 194 valence electrons. The maximum atomic E-state index is 12.6. The van der Waals surface area contributed by atoms with Crippen molar-refractivity contribution in [1.29, 1.82) is 0 Å². The minimum atomic E-state index is -0.447. The molecule has 0 unspecified atom stereocenters. The molecule has 0 bridgehead atoms. The number of carbonyl (C=O) groups is 1. The van der Waals surface area contributed by atoms with E-state index in [1.165, 1.54) is 18.3 Å². The number of ether oxygens (including phenoxy) is 3. The minimum absolute atomic E-state index is 0.0228. The Hall–Kier alpha value is -3.44. The normalized spacial score (nSPS) is 10.8. The molecule has 0 atom stereocenters. The average Bonchev–Trinajstić information content (AvgIpc) is 2.87. The van der Waals surface area contributed by atoms with Crippen LogP contribution in [0.1, 0.15) is 41.8 Å². The first-order valence-corrected chi connectivity index (χ1v) is 13.0. The van der Waals surface area contributed by atoms with Gasteiger partial charge in [0.15, 0.2) is 11.5 Å². The van der Waals surface area contributed by atoms with Crippen molar-refractivity contribution in [2.75, 3.05) is 13.2 Å². The number of benzene rings is 3. The molecule has 0 aliphatic heterocycles. The zero-order chi connectivity index (χ0) is 26.8. The molecule has 0 saturated carbocycles. The minimum Gasteiger partial charge on any atom is -0.490 e. The SMILES string of the molecule is CCCOc1ccc(C(=O)N/N=C/c2cc(Br)c(OCc3ccc([N+](=O)[O-])cc3)c(Br)c2)cc1OCC. The fraction of sp³-hybridized carbons (Fsp3) is 0.231. The zero-order valence-corrected chi connectivity index (χ0v) is 23.4. The van der Waals surface area contributed by atoms with Gasteiger partial charge >= 0.3 is 0 Å². The van der Waals surface area contributed by atoms with Gasteiger partial charge in [-0.3, -0.25) is 14.9 Å². The smallest absolute Gasteiger partial charge is 0.271 e. The van der Waals surface area contributed by atoms with E-state index in [1.807, 2.05) is 13.8 Å². The standard InChI is InChI=1S/C26H25Br2N3O6/c1-3-11-36-23-10-7-19(14-24(23)35-4-2)26(32)30-29-15-18-12-21(27)25(22(28)13-18)37-16-17-5-8-20(9-6-17)31(33)34/h5-10,12-15H,3-4,11,16H2,1-2H3,(H,30,32)/b29-15+. The van der Waals surface area contributed by atoms with E-state index in [-0.39, 0.29) is 18.2 Å². The van der Waals surface area contributed by atoms with E-state index in [2.05, 4.69) is 42.4 Å². The topological polar surface area (TPSA) is 112 Å². The van der Waals surface area contributed by atoms with Crippen molar-refractivity contribution in [3.63, 3.8) is 0 Å². The highest BCUT2D eigenvalue weighted by Crippen LogP contribution is 2.35. The Balaban J connectivity index is 1.63. The number of rotatable bonds is 12. The number of hydrogen-bond acceptors (Lipinski definition) is 7. The summed E-state index contributed by atoms with van der Waals surface area (Å²) in [5.41, 5.74) is 4.43. The van der Waals surface area contributed by atoms with Crippen LogP contribution < -0.4 is 19.6 Å². The number of nitro benzene ring substituents is 1. The lowest BCUT2D eigenvalue weighted by molar-refractivity contribution is -0.384. The highest BCUT2D eigenvalue weighted by molar-refractivity contribution is 9.11.